The fraction of sp³-hybridized carbons (Fsp3) is 0.435. The van der Waals surface area contributed by atoms with Crippen LogP contribution in [-0.2, 0) is 11.3 Å². The Kier molecular flexibility index (Phi) is 8.66. The van der Waals surface area contributed by atoms with E-state index >= 15 is 0 Å². The van der Waals surface area contributed by atoms with Crippen molar-refractivity contribution in [3.63, 3.8) is 0 Å². The van der Waals surface area contributed by atoms with E-state index in [1.807, 2.05) is 12.1 Å². The maximum absolute atomic E-state index is 13.9. The van der Waals surface area contributed by atoms with Gasteiger partial charge in [0.1, 0.15) is 24.1 Å². The molecule has 0 saturated carbocycles. The number of ether oxygens (including phenoxy) is 1. The van der Waals surface area contributed by atoms with Gasteiger partial charge in [-0.25, -0.2) is 4.39 Å². The van der Waals surface area contributed by atoms with Crippen LogP contribution in [0.15, 0.2) is 42.5 Å². The Morgan fingerprint density at radius 3 is 2.65 bits per heavy atom. The molecule has 1 unspecified atom stereocenters. The summed E-state index contributed by atoms with van der Waals surface area (Å²) in [6.07, 6.45) is 1.25. The lowest BCUT2D eigenvalue weighted by Gasteiger charge is -2.33. The molecule has 0 spiro atoms. The number of nitrogens with zero attached hydrogens (tertiary/aromatic N) is 1. The van der Waals surface area contributed by atoms with Gasteiger partial charge < -0.3 is 20.5 Å². The molecule has 2 aromatic rings. The minimum Gasteiger partial charge on any atom is -0.489 e. The maximum Gasteiger partial charge on any atom is 0.221 e. The summed E-state index contributed by atoms with van der Waals surface area (Å²) in [6.45, 7) is 4.55. The van der Waals surface area contributed by atoms with Crippen molar-refractivity contribution < 1.29 is 19.0 Å². The Hall–Kier alpha value is -2.19. The Bertz CT molecular complexity index is 858. The number of piperidine rings is 1. The number of anilines is 1. The number of carbonyl (C=O) groups excluding carboxylic acids is 1. The van der Waals surface area contributed by atoms with Crippen molar-refractivity contribution in [3.05, 3.63) is 58.9 Å². The van der Waals surface area contributed by atoms with Crippen LogP contribution in [0.5, 0.6) is 5.75 Å². The van der Waals surface area contributed by atoms with E-state index in [2.05, 4.69) is 27.7 Å². The number of amides is 1. The van der Waals surface area contributed by atoms with E-state index in [1.54, 1.807) is 6.07 Å². The van der Waals surface area contributed by atoms with Crippen molar-refractivity contribution in [2.24, 2.45) is 0 Å². The molecule has 8 heteroatoms. The summed E-state index contributed by atoms with van der Waals surface area (Å²) in [5, 5.41) is 16.8. The van der Waals surface area contributed by atoms with Crippen molar-refractivity contribution >= 4 is 23.2 Å². The minimum absolute atomic E-state index is 0.00154. The lowest BCUT2D eigenvalue weighted by Crippen LogP contribution is -2.45. The molecule has 0 aromatic heterocycles. The predicted molar refractivity (Wildman–Crippen MR) is 120 cm³/mol. The van der Waals surface area contributed by atoms with E-state index in [9.17, 15) is 14.3 Å². The van der Waals surface area contributed by atoms with Crippen LogP contribution in [-0.4, -0.2) is 54.3 Å². The summed E-state index contributed by atoms with van der Waals surface area (Å²) in [4.78, 5) is 13.7. The molecule has 31 heavy (non-hydrogen) atoms. The zero-order chi connectivity index (χ0) is 22.2. The summed E-state index contributed by atoms with van der Waals surface area (Å²) in [5.74, 6) is -0.769. The summed E-state index contributed by atoms with van der Waals surface area (Å²) in [5.41, 5.74) is 1.24. The van der Waals surface area contributed by atoms with Gasteiger partial charge in [0.05, 0.1) is 0 Å². The van der Waals surface area contributed by atoms with E-state index in [4.69, 9.17) is 16.3 Å². The number of likely N-dealkylation sites (tertiary alicyclic amines) is 1. The highest BCUT2D eigenvalue weighted by molar-refractivity contribution is 6.30. The predicted octanol–water partition coefficient (Wildman–Crippen LogP) is 3.43. The van der Waals surface area contributed by atoms with Gasteiger partial charge in [0, 0.05) is 31.1 Å². The smallest absolute Gasteiger partial charge is 0.221 e. The molecule has 0 aliphatic carbocycles. The maximum atomic E-state index is 13.9. The van der Waals surface area contributed by atoms with Crippen LogP contribution >= 0.6 is 11.6 Å². The number of benzene rings is 2. The number of para-hydroxylation sites is 1. The molecule has 168 valence electrons. The molecule has 0 bridgehead atoms. The minimum atomic E-state index is -0.749. The average molecular weight is 450 g/mol. The zero-order valence-corrected chi connectivity index (χ0v) is 18.4. The zero-order valence-electron chi connectivity index (χ0n) is 17.6. The van der Waals surface area contributed by atoms with Crippen LogP contribution in [0.1, 0.15) is 25.3 Å². The van der Waals surface area contributed by atoms with Gasteiger partial charge in [-0.2, -0.15) is 0 Å². The molecule has 1 saturated heterocycles. The fourth-order valence-electron chi connectivity index (χ4n) is 3.61. The molecule has 2 aromatic carbocycles. The SMILES string of the molecule is CC(=O)Nc1c(F)cccc1OCC(O)CNC1CCN(Cc2ccc(Cl)cc2)CC1. The Morgan fingerprint density at radius 2 is 1.97 bits per heavy atom. The first kappa shape index (κ1) is 23.5. The van der Waals surface area contributed by atoms with Gasteiger partial charge in [-0.1, -0.05) is 29.8 Å². The third-order valence-electron chi connectivity index (χ3n) is 5.26. The quantitative estimate of drug-likeness (QED) is 0.547. The molecule has 1 atom stereocenters. The molecule has 1 aliphatic rings. The Balaban J connectivity index is 1.38. The second-order valence-electron chi connectivity index (χ2n) is 7.84. The second kappa shape index (κ2) is 11.4. The van der Waals surface area contributed by atoms with Crippen LogP contribution in [0.4, 0.5) is 10.1 Å². The van der Waals surface area contributed by atoms with Crippen LogP contribution in [0.3, 0.4) is 0 Å². The van der Waals surface area contributed by atoms with Gasteiger partial charge in [-0.05, 0) is 55.8 Å². The number of nitrogens with one attached hydrogen (secondary N) is 2. The van der Waals surface area contributed by atoms with Crippen molar-refractivity contribution in [1.82, 2.24) is 10.2 Å². The first-order valence-electron chi connectivity index (χ1n) is 10.5. The van der Waals surface area contributed by atoms with Gasteiger partial charge >= 0.3 is 0 Å². The van der Waals surface area contributed by atoms with Gasteiger partial charge in [0.2, 0.25) is 5.91 Å². The molecule has 1 heterocycles. The number of hydrogen-bond donors (Lipinski definition) is 3. The second-order valence-corrected chi connectivity index (χ2v) is 8.28. The molecule has 3 rings (SSSR count). The molecular weight excluding hydrogens is 421 g/mol. The standard InChI is InChI=1S/C23H29ClFN3O3/c1-16(29)27-23-21(25)3-2-4-22(23)31-15-20(30)13-26-19-9-11-28(12-10-19)14-17-5-7-18(24)8-6-17/h2-8,19-20,26,30H,9-15H2,1H3,(H,27,29). The highest BCUT2D eigenvalue weighted by Crippen LogP contribution is 2.27. The van der Waals surface area contributed by atoms with Gasteiger partial charge in [0.25, 0.3) is 0 Å². The summed E-state index contributed by atoms with van der Waals surface area (Å²) in [6, 6.07) is 12.6. The Labute approximate surface area is 187 Å². The largest absolute Gasteiger partial charge is 0.489 e. The fourth-order valence-corrected chi connectivity index (χ4v) is 3.74. The highest BCUT2D eigenvalue weighted by atomic mass is 35.5. The van der Waals surface area contributed by atoms with Gasteiger partial charge in [-0.3, -0.25) is 9.69 Å². The van der Waals surface area contributed by atoms with E-state index in [1.165, 1.54) is 24.6 Å². The summed E-state index contributed by atoms with van der Waals surface area (Å²) in [7, 11) is 0. The van der Waals surface area contributed by atoms with Crippen LogP contribution in [0, 0.1) is 5.82 Å². The molecule has 1 amide bonds. The third kappa shape index (κ3) is 7.47. The van der Waals surface area contributed by atoms with Gasteiger partial charge in [-0.15, -0.1) is 0 Å². The number of halogens is 2. The van der Waals surface area contributed by atoms with E-state index in [-0.39, 0.29) is 24.0 Å². The van der Waals surface area contributed by atoms with Crippen LogP contribution < -0.4 is 15.4 Å². The van der Waals surface area contributed by atoms with Crippen LogP contribution in [0.25, 0.3) is 0 Å². The molecular formula is C23H29ClFN3O3. The monoisotopic (exact) mass is 449 g/mol. The molecule has 3 N–H and O–H groups in total. The normalized spacial score (nSPS) is 16.1. The number of aliphatic hydroxyl groups excluding tert-OH is 1. The van der Waals surface area contributed by atoms with Crippen molar-refractivity contribution in [1.29, 1.82) is 0 Å². The lowest BCUT2D eigenvalue weighted by atomic mass is 10.0. The Morgan fingerprint density at radius 1 is 1.26 bits per heavy atom. The average Bonchev–Trinajstić information content (AvgIpc) is 2.75. The molecule has 1 aliphatic heterocycles. The number of aliphatic hydroxyl groups is 1. The van der Waals surface area contributed by atoms with E-state index in [0.29, 0.717) is 12.6 Å². The molecule has 1 fully saturated rings. The van der Waals surface area contributed by atoms with Gasteiger partial charge in [0.15, 0.2) is 5.82 Å². The topological polar surface area (TPSA) is 73.8 Å². The van der Waals surface area contributed by atoms with Crippen molar-refractivity contribution in [2.75, 3.05) is 31.6 Å². The third-order valence-corrected chi connectivity index (χ3v) is 5.51. The summed E-state index contributed by atoms with van der Waals surface area (Å²) < 4.78 is 19.5. The van der Waals surface area contributed by atoms with E-state index < -0.39 is 11.9 Å². The molecule has 0 radical (unpaired) electrons. The van der Waals surface area contributed by atoms with E-state index in [0.717, 1.165) is 37.5 Å². The molecule has 6 nitrogen and oxygen atoms in total. The van der Waals surface area contributed by atoms with Crippen molar-refractivity contribution in [2.45, 2.75) is 38.5 Å². The first-order chi connectivity index (χ1) is 14.9. The number of hydrogen-bond acceptors (Lipinski definition) is 5. The summed E-state index contributed by atoms with van der Waals surface area (Å²) >= 11 is 5.94. The highest BCUT2D eigenvalue weighted by Gasteiger charge is 2.20. The number of rotatable bonds is 9. The van der Waals surface area contributed by atoms with Crippen LogP contribution in [0.2, 0.25) is 5.02 Å². The first-order valence-corrected chi connectivity index (χ1v) is 10.9. The van der Waals surface area contributed by atoms with Crippen molar-refractivity contribution in [3.8, 4) is 5.75 Å². The lowest BCUT2D eigenvalue weighted by molar-refractivity contribution is -0.114. The number of carbonyl (C=O) groups is 1.